The van der Waals surface area contributed by atoms with Crippen LogP contribution in [0, 0.1) is 11.3 Å². The molecule has 0 amide bonds. The fourth-order valence-electron chi connectivity index (χ4n) is 3.58. The molecule has 1 aliphatic heterocycles. The van der Waals surface area contributed by atoms with Crippen LogP contribution in [0.1, 0.15) is 17.5 Å². The molecule has 1 aliphatic rings. The molecule has 0 unspecified atom stereocenters. The van der Waals surface area contributed by atoms with Gasteiger partial charge in [0.2, 0.25) is 0 Å². The molecule has 0 fully saturated rings. The van der Waals surface area contributed by atoms with Gasteiger partial charge >= 0.3 is 0 Å². The third-order valence-electron chi connectivity index (χ3n) is 4.92. The van der Waals surface area contributed by atoms with Crippen LogP contribution in [0.2, 0.25) is 0 Å². The van der Waals surface area contributed by atoms with Crippen LogP contribution in [-0.2, 0) is 0 Å². The number of thiazole rings is 1. The van der Waals surface area contributed by atoms with Crippen molar-refractivity contribution in [2.75, 3.05) is 11.4 Å². The second kappa shape index (κ2) is 7.40. The number of rotatable bonds is 3. The van der Waals surface area contributed by atoms with Crippen molar-refractivity contribution in [3.05, 3.63) is 77.3 Å². The minimum atomic E-state index is 0.597. The number of nitriles is 1. The number of hydrogen-bond donors (Lipinski definition) is 0. The SMILES string of the molecule is CCN1c2ccccc2Sc2cc(/C=C(/C#N)c3nc4ccccc4s3)ccc21. The molecular weight excluding hydrogens is 394 g/mol. The zero-order chi connectivity index (χ0) is 19.8. The molecule has 140 valence electrons. The number of fused-ring (bicyclic) bond motifs is 3. The summed E-state index contributed by atoms with van der Waals surface area (Å²) in [4.78, 5) is 9.45. The largest absolute Gasteiger partial charge is 0.340 e. The lowest BCUT2D eigenvalue weighted by Gasteiger charge is -2.32. The second-order valence-corrected chi connectivity index (χ2v) is 8.81. The number of allylic oxidation sites excluding steroid dienone is 1. The van der Waals surface area contributed by atoms with Gasteiger partial charge in [-0.2, -0.15) is 5.26 Å². The number of benzene rings is 3. The maximum atomic E-state index is 9.75. The van der Waals surface area contributed by atoms with Crippen molar-refractivity contribution in [2.45, 2.75) is 16.7 Å². The molecule has 0 atom stereocenters. The lowest BCUT2D eigenvalue weighted by molar-refractivity contribution is 0.979. The van der Waals surface area contributed by atoms with Crippen LogP contribution in [-0.4, -0.2) is 11.5 Å². The highest BCUT2D eigenvalue weighted by atomic mass is 32.2. The molecule has 29 heavy (non-hydrogen) atoms. The van der Waals surface area contributed by atoms with E-state index in [1.807, 2.05) is 30.3 Å². The van der Waals surface area contributed by atoms with Gasteiger partial charge in [0.15, 0.2) is 0 Å². The Hall–Kier alpha value is -3.07. The van der Waals surface area contributed by atoms with Gasteiger partial charge in [-0.1, -0.05) is 42.1 Å². The number of hydrogen-bond acceptors (Lipinski definition) is 5. The first-order chi connectivity index (χ1) is 14.3. The highest BCUT2D eigenvalue weighted by Crippen LogP contribution is 2.48. The Morgan fingerprint density at radius 2 is 1.83 bits per heavy atom. The summed E-state index contributed by atoms with van der Waals surface area (Å²) >= 11 is 3.34. The summed E-state index contributed by atoms with van der Waals surface area (Å²) in [6.07, 6.45) is 1.94. The third kappa shape index (κ3) is 3.21. The van der Waals surface area contributed by atoms with E-state index in [2.05, 4.69) is 65.3 Å². The van der Waals surface area contributed by atoms with Crippen LogP contribution in [0.3, 0.4) is 0 Å². The molecule has 0 saturated carbocycles. The van der Waals surface area contributed by atoms with E-state index in [-0.39, 0.29) is 0 Å². The first-order valence-corrected chi connectivity index (χ1v) is 11.1. The summed E-state index contributed by atoms with van der Waals surface area (Å²) in [5.41, 5.74) is 5.02. The zero-order valence-corrected chi connectivity index (χ0v) is 17.4. The maximum Gasteiger partial charge on any atom is 0.135 e. The fourth-order valence-corrected chi connectivity index (χ4v) is 5.65. The number of para-hydroxylation sites is 2. The van der Waals surface area contributed by atoms with Gasteiger partial charge in [0.25, 0.3) is 0 Å². The Morgan fingerprint density at radius 3 is 2.66 bits per heavy atom. The van der Waals surface area contributed by atoms with E-state index in [0.717, 1.165) is 27.3 Å². The quantitative estimate of drug-likeness (QED) is 0.341. The number of anilines is 2. The van der Waals surface area contributed by atoms with Crippen LogP contribution in [0.4, 0.5) is 11.4 Å². The van der Waals surface area contributed by atoms with Crippen molar-refractivity contribution >= 4 is 56.3 Å². The van der Waals surface area contributed by atoms with E-state index in [4.69, 9.17) is 0 Å². The van der Waals surface area contributed by atoms with Crippen LogP contribution < -0.4 is 4.90 Å². The van der Waals surface area contributed by atoms with Crippen LogP contribution in [0.15, 0.2) is 76.5 Å². The maximum absolute atomic E-state index is 9.75. The second-order valence-electron chi connectivity index (χ2n) is 6.70. The summed E-state index contributed by atoms with van der Waals surface area (Å²) in [5.74, 6) is 0. The van der Waals surface area contributed by atoms with E-state index in [9.17, 15) is 5.26 Å². The van der Waals surface area contributed by atoms with Crippen molar-refractivity contribution in [3.8, 4) is 6.07 Å². The topological polar surface area (TPSA) is 39.9 Å². The zero-order valence-electron chi connectivity index (χ0n) is 15.8. The van der Waals surface area contributed by atoms with Crippen LogP contribution in [0.25, 0.3) is 21.9 Å². The van der Waals surface area contributed by atoms with Crippen molar-refractivity contribution in [3.63, 3.8) is 0 Å². The molecule has 0 aliphatic carbocycles. The van der Waals surface area contributed by atoms with Gasteiger partial charge in [0.1, 0.15) is 11.1 Å². The Labute approximate surface area is 177 Å². The minimum Gasteiger partial charge on any atom is -0.340 e. The highest BCUT2D eigenvalue weighted by Gasteiger charge is 2.22. The number of aromatic nitrogens is 1. The molecule has 3 aromatic carbocycles. The average Bonchev–Trinajstić information content (AvgIpc) is 3.19. The third-order valence-corrected chi connectivity index (χ3v) is 7.10. The molecule has 5 heteroatoms. The predicted molar refractivity (Wildman–Crippen MR) is 123 cm³/mol. The molecule has 1 aromatic heterocycles. The Balaban J connectivity index is 1.55. The van der Waals surface area contributed by atoms with E-state index in [1.165, 1.54) is 21.2 Å². The molecule has 0 bridgehead atoms. The molecule has 5 rings (SSSR count). The van der Waals surface area contributed by atoms with E-state index in [0.29, 0.717) is 5.57 Å². The first kappa shape index (κ1) is 18.0. The van der Waals surface area contributed by atoms with Gasteiger partial charge in [-0.3, -0.25) is 0 Å². The van der Waals surface area contributed by atoms with E-state index >= 15 is 0 Å². The van der Waals surface area contributed by atoms with Crippen molar-refractivity contribution in [1.82, 2.24) is 4.98 Å². The molecule has 0 spiro atoms. The summed E-state index contributed by atoms with van der Waals surface area (Å²) in [6, 6.07) is 25.2. The predicted octanol–water partition coefficient (Wildman–Crippen LogP) is 6.98. The fraction of sp³-hybridized carbons (Fsp3) is 0.0833. The lowest BCUT2D eigenvalue weighted by atomic mass is 10.1. The van der Waals surface area contributed by atoms with Gasteiger partial charge in [-0.25, -0.2) is 4.98 Å². The van der Waals surface area contributed by atoms with Crippen molar-refractivity contribution in [1.29, 1.82) is 5.26 Å². The molecule has 0 saturated heterocycles. The molecule has 4 aromatic rings. The highest BCUT2D eigenvalue weighted by molar-refractivity contribution is 7.99. The lowest BCUT2D eigenvalue weighted by Crippen LogP contribution is -2.19. The Morgan fingerprint density at radius 1 is 1.03 bits per heavy atom. The van der Waals surface area contributed by atoms with Gasteiger partial charge in [0.05, 0.1) is 27.2 Å². The first-order valence-electron chi connectivity index (χ1n) is 9.43. The molecule has 0 N–H and O–H groups in total. The van der Waals surface area contributed by atoms with E-state index < -0.39 is 0 Å². The van der Waals surface area contributed by atoms with Gasteiger partial charge in [-0.15, -0.1) is 11.3 Å². The monoisotopic (exact) mass is 411 g/mol. The molecule has 0 radical (unpaired) electrons. The standard InChI is InChI=1S/C24H17N3S2/c1-2-27-19-8-4-6-10-22(19)28-23-14-16(11-12-20(23)27)13-17(15-25)24-26-18-7-3-5-9-21(18)29-24/h3-14H,2H2,1H3/b17-13-. The Bertz CT molecular complexity index is 1260. The van der Waals surface area contributed by atoms with E-state index in [1.54, 1.807) is 23.1 Å². The molecule has 2 heterocycles. The Kier molecular flexibility index (Phi) is 4.59. The normalized spacial score (nSPS) is 13.1. The summed E-state index contributed by atoms with van der Waals surface area (Å²) in [5, 5.41) is 10.5. The smallest absolute Gasteiger partial charge is 0.135 e. The summed E-state index contributed by atoms with van der Waals surface area (Å²) < 4.78 is 1.10. The molecular formula is C24H17N3S2. The summed E-state index contributed by atoms with van der Waals surface area (Å²) in [7, 11) is 0. The van der Waals surface area contributed by atoms with Gasteiger partial charge < -0.3 is 4.90 Å². The average molecular weight is 412 g/mol. The van der Waals surface area contributed by atoms with Gasteiger partial charge in [-0.05, 0) is 55.0 Å². The van der Waals surface area contributed by atoms with Crippen molar-refractivity contribution < 1.29 is 0 Å². The van der Waals surface area contributed by atoms with Gasteiger partial charge in [0, 0.05) is 16.3 Å². The number of nitrogens with zero attached hydrogens (tertiary/aromatic N) is 3. The minimum absolute atomic E-state index is 0.597. The van der Waals surface area contributed by atoms with Crippen molar-refractivity contribution in [2.24, 2.45) is 0 Å². The molecule has 3 nitrogen and oxygen atoms in total. The van der Waals surface area contributed by atoms with Crippen LogP contribution >= 0.6 is 23.1 Å². The summed E-state index contributed by atoms with van der Waals surface area (Å²) in [6.45, 7) is 3.08. The van der Waals surface area contributed by atoms with Crippen LogP contribution in [0.5, 0.6) is 0 Å².